The van der Waals surface area contributed by atoms with Gasteiger partial charge in [-0.25, -0.2) is 4.79 Å². The quantitative estimate of drug-likeness (QED) is 0.818. The highest BCUT2D eigenvalue weighted by Crippen LogP contribution is 2.48. The molecule has 0 unspecified atom stereocenters. The lowest BCUT2D eigenvalue weighted by molar-refractivity contribution is 0.0428. The van der Waals surface area contributed by atoms with E-state index in [1.54, 1.807) is 0 Å². The summed E-state index contributed by atoms with van der Waals surface area (Å²) in [6.45, 7) is 6.55. The molecule has 2 rings (SSSR count). The minimum absolute atomic E-state index is 0.268. The number of amides is 1. The van der Waals surface area contributed by atoms with Crippen LogP contribution >= 0.6 is 0 Å². The molecule has 122 valence electrons. The summed E-state index contributed by atoms with van der Waals surface area (Å²) in [4.78, 5) is 11.8. The summed E-state index contributed by atoms with van der Waals surface area (Å²) in [5, 5.41) is 3.04. The summed E-state index contributed by atoms with van der Waals surface area (Å²) in [7, 11) is 0. The molecule has 4 heteroatoms. The molecule has 2 fully saturated rings. The van der Waals surface area contributed by atoms with Gasteiger partial charge in [0.2, 0.25) is 0 Å². The van der Waals surface area contributed by atoms with Gasteiger partial charge in [-0.1, -0.05) is 0 Å². The van der Waals surface area contributed by atoms with Crippen LogP contribution in [0.25, 0.3) is 0 Å². The third-order valence-corrected chi connectivity index (χ3v) is 5.27. The highest BCUT2D eigenvalue weighted by molar-refractivity contribution is 5.68. The number of hydrogen-bond donors (Lipinski definition) is 2. The Kier molecular flexibility index (Phi) is 5.18. The van der Waals surface area contributed by atoms with Crippen LogP contribution in [0.3, 0.4) is 0 Å². The van der Waals surface area contributed by atoms with Crippen LogP contribution < -0.4 is 11.1 Å². The zero-order chi connectivity index (χ0) is 15.5. The molecule has 0 radical (unpaired) electrons. The van der Waals surface area contributed by atoms with E-state index >= 15 is 0 Å². The Morgan fingerprint density at radius 3 is 2.14 bits per heavy atom. The molecule has 1 amide bonds. The van der Waals surface area contributed by atoms with E-state index < -0.39 is 5.60 Å². The number of rotatable bonds is 2. The van der Waals surface area contributed by atoms with Crippen LogP contribution in [0, 0.1) is 11.3 Å². The predicted octanol–water partition coefficient (Wildman–Crippen LogP) is 3.59. The summed E-state index contributed by atoms with van der Waals surface area (Å²) >= 11 is 0. The van der Waals surface area contributed by atoms with Gasteiger partial charge in [0.15, 0.2) is 0 Å². The van der Waals surface area contributed by atoms with E-state index in [1.165, 1.54) is 38.5 Å². The molecule has 0 heterocycles. The second-order valence-corrected chi connectivity index (χ2v) is 8.10. The normalized spacial score (nSPS) is 33.7. The number of carbonyl (C=O) groups is 1. The average Bonchev–Trinajstić information content (AvgIpc) is 2.40. The zero-order valence-electron chi connectivity index (χ0n) is 13.9. The molecule has 0 aromatic heterocycles. The van der Waals surface area contributed by atoms with Gasteiger partial charge in [0.05, 0.1) is 0 Å². The molecule has 0 saturated heterocycles. The molecule has 0 aromatic rings. The standard InChI is InChI=1S/C17H32N2O2/c1-16(2,3)21-15(20)19-14-6-10-17(11-7-14)8-4-13(12-18)5-9-17/h13-14H,4-12,18H2,1-3H3,(H,19,20). The molecule has 3 N–H and O–H groups in total. The van der Waals surface area contributed by atoms with E-state index in [2.05, 4.69) is 5.32 Å². The smallest absolute Gasteiger partial charge is 0.407 e. The summed E-state index contributed by atoms with van der Waals surface area (Å²) in [6, 6.07) is 0.290. The van der Waals surface area contributed by atoms with Gasteiger partial charge < -0.3 is 15.8 Å². The van der Waals surface area contributed by atoms with Crippen molar-refractivity contribution in [3.8, 4) is 0 Å². The van der Waals surface area contributed by atoms with E-state index in [0.29, 0.717) is 5.41 Å². The SMILES string of the molecule is CC(C)(C)OC(=O)NC1CCC2(CCC(CN)CC2)CC1. The van der Waals surface area contributed by atoms with Crippen LogP contribution in [0.5, 0.6) is 0 Å². The first-order valence-electron chi connectivity index (χ1n) is 8.51. The molecule has 0 aliphatic heterocycles. The van der Waals surface area contributed by atoms with Gasteiger partial charge in [-0.2, -0.15) is 0 Å². The van der Waals surface area contributed by atoms with Crippen molar-refractivity contribution in [3.05, 3.63) is 0 Å². The van der Waals surface area contributed by atoms with Crippen molar-refractivity contribution < 1.29 is 9.53 Å². The minimum Gasteiger partial charge on any atom is -0.444 e. The second-order valence-electron chi connectivity index (χ2n) is 8.10. The van der Waals surface area contributed by atoms with E-state index in [0.717, 1.165) is 25.3 Å². The molecule has 0 aromatic carbocycles. The van der Waals surface area contributed by atoms with E-state index in [-0.39, 0.29) is 12.1 Å². The van der Waals surface area contributed by atoms with Gasteiger partial charge in [0, 0.05) is 6.04 Å². The third kappa shape index (κ3) is 4.87. The van der Waals surface area contributed by atoms with Crippen molar-refractivity contribution in [1.29, 1.82) is 0 Å². The summed E-state index contributed by atoms with van der Waals surface area (Å²) in [5.74, 6) is 0.744. The number of carbonyl (C=O) groups excluding carboxylic acids is 1. The highest BCUT2D eigenvalue weighted by Gasteiger charge is 2.38. The maximum atomic E-state index is 11.8. The maximum Gasteiger partial charge on any atom is 0.407 e. The number of nitrogens with two attached hydrogens (primary N) is 1. The number of nitrogens with one attached hydrogen (secondary N) is 1. The lowest BCUT2D eigenvalue weighted by Crippen LogP contribution is -2.43. The maximum absolute atomic E-state index is 11.8. The monoisotopic (exact) mass is 296 g/mol. The molecular weight excluding hydrogens is 264 g/mol. The van der Waals surface area contributed by atoms with E-state index in [9.17, 15) is 4.79 Å². The fourth-order valence-electron chi connectivity index (χ4n) is 3.87. The zero-order valence-corrected chi connectivity index (χ0v) is 13.9. The molecule has 21 heavy (non-hydrogen) atoms. The Hall–Kier alpha value is -0.770. The Balaban J connectivity index is 1.75. The number of hydrogen-bond acceptors (Lipinski definition) is 3. The molecule has 4 nitrogen and oxygen atoms in total. The van der Waals surface area contributed by atoms with Crippen molar-refractivity contribution in [1.82, 2.24) is 5.32 Å². The number of ether oxygens (including phenoxy) is 1. The Bertz CT molecular complexity index is 344. The van der Waals surface area contributed by atoms with Crippen LogP contribution in [0.1, 0.15) is 72.1 Å². The molecule has 0 bridgehead atoms. The molecular formula is C17H32N2O2. The molecule has 2 aliphatic rings. The van der Waals surface area contributed by atoms with Gasteiger partial charge in [0.25, 0.3) is 0 Å². The molecule has 0 atom stereocenters. The van der Waals surface area contributed by atoms with Crippen molar-refractivity contribution in [2.24, 2.45) is 17.1 Å². The molecule has 2 saturated carbocycles. The molecule has 2 aliphatic carbocycles. The fraction of sp³-hybridized carbons (Fsp3) is 0.941. The Morgan fingerprint density at radius 2 is 1.67 bits per heavy atom. The van der Waals surface area contributed by atoms with Gasteiger partial charge in [-0.15, -0.1) is 0 Å². The van der Waals surface area contributed by atoms with Crippen molar-refractivity contribution in [2.45, 2.75) is 83.8 Å². The van der Waals surface area contributed by atoms with Crippen LogP contribution in [-0.4, -0.2) is 24.3 Å². The summed E-state index contributed by atoms with van der Waals surface area (Å²) < 4.78 is 5.34. The lowest BCUT2D eigenvalue weighted by atomic mass is 9.62. The average molecular weight is 296 g/mol. The van der Waals surface area contributed by atoms with Crippen LogP contribution in [0.2, 0.25) is 0 Å². The largest absolute Gasteiger partial charge is 0.444 e. The van der Waals surface area contributed by atoms with Crippen LogP contribution in [0.15, 0.2) is 0 Å². The predicted molar refractivity (Wildman–Crippen MR) is 85.1 cm³/mol. The minimum atomic E-state index is -0.416. The van der Waals surface area contributed by atoms with Gasteiger partial charge in [-0.3, -0.25) is 0 Å². The van der Waals surface area contributed by atoms with Crippen molar-refractivity contribution in [3.63, 3.8) is 0 Å². The van der Waals surface area contributed by atoms with Gasteiger partial charge in [-0.05, 0) is 90.0 Å². The molecule has 1 spiro atoms. The first-order chi connectivity index (χ1) is 9.82. The Morgan fingerprint density at radius 1 is 1.14 bits per heavy atom. The topological polar surface area (TPSA) is 64.3 Å². The Labute approximate surface area is 129 Å². The van der Waals surface area contributed by atoms with Crippen molar-refractivity contribution >= 4 is 6.09 Å². The van der Waals surface area contributed by atoms with Crippen LogP contribution in [-0.2, 0) is 4.74 Å². The summed E-state index contributed by atoms with van der Waals surface area (Å²) in [6.07, 6.45) is 9.63. The summed E-state index contributed by atoms with van der Waals surface area (Å²) in [5.41, 5.74) is 5.91. The van der Waals surface area contributed by atoms with Crippen molar-refractivity contribution in [2.75, 3.05) is 6.54 Å². The van der Waals surface area contributed by atoms with E-state index in [1.807, 2.05) is 20.8 Å². The first kappa shape index (κ1) is 16.6. The fourth-order valence-corrected chi connectivity index (χ4v) is 3.87. The van der Waals surface area contributed by atoms with Gasteiger partial charge in [0.1, 0.15) is 5.60 Å². The third-order valence-electron chi connectivity index (χ3n) is 5.27. The van der Waals surface area contributed by atoms with Crippen LogP contribution in [0.4, 0.5) is 4.79 Å². The first-order valence-corrected chi connectivity index (χ1v) is 8.51. The lowest BCUT2D eigenvalue weighted by Gasteiger charge is -2.45. The second kappa shape index (κ2) is 6.55. The number of alkyl carbamates (subject to hydrolysis) is 1. The van der Waals surface area contributed by atoms with E-state index in [4.69, 9.17) is 10.5 Å². The van der Waals surface area contributed by atoms with Gasteiger partial charge >= 0.3 is 6.09 Å². The highest BCUT2D eigenvalue weighted by atomic mass is 16.6.